The standard InChI is InChI=1S/C15H22N2O2/c16-8-7-12-3-5-14-13(11-12)4-6-15(19)17(14)9-1-2-10-18/h3,5,11,18H,1-2,4,6-10,16H2. The topological polar surface area (TPSA) is 66.6 Å². The Labute approximate surface area is 114 Å². The monoisotopic (exact) mass is 262 g/mol. The zero-order valence-electron chi connectivity index (χ0n) is 11.3. The van der Waals surface area contributed by atoms with Gasteiger partial charge in [-0.2, -0.15) is 0 Å². The van der Waals surface area contributed by atoms with E-state index in [4.69, 9.17) is 10.8 Å². The van der Waals surface area contributed by atoms with Crippen LogP contribution in [-0.2, 0) is 17.6 Å². The van der Waals surface area contributed by atoms with Crippen LogP contribution >= 0.6 is 0 Å². The van der Waals surface area contributed by atoms with Gasteiger partial charge in [0.1, 0.15) is 0 Å². The Bertz CT molecular complexity index is 446. The van der Waals surface area contributed by atoms with Crippen molar-refractivity contribution in [1.29, 1.82) is 0 Å². The maximum atomic E-state index is 12.0. The fraction of sp³-hybridized carbons (Fsp3) is 0.533. The average Bonchev–Trinajstić information content (AvgIpc) is 2.42. The van der Waals surface area contributed by atoms with Crippen molar-refractivity contribution in [1.82, 2.24) is 0 Å². The smallest absolute Gasteiger partial charge is 0.227 e. The van der Waals surface area contributed by atoms with Gasteiger partial charge in [0.25, 0.3) is 0 Å². The van der Waals surface area contributed by atoms with Gasteiger partial charge in [0, 0.05) is 25.3 Å². The molecule has 4 heteroatoms. The highest BCUT2D eigenvalue weighted by atomic mass is 16.3. The van der Waals surface area contributed by atoms with Crippen molar-refractivity contribution in [2.24, 2.45) is 5.73 Å². The molecule has 0 aromatic heterocycles. The largest absolute Gasteiger partial charge is 0.396 e. The molecule has 0 saturated carbocycles. The van der Waals surface area contributed by atoms with Crippen LogP contribution in [0.2, 0.25) is 0 Å². The molecule has 3 N–H and O–H groups in total. The quantitative estimate of drug-likeness (QED) is 0.758. The van der Waals surface area contributed by atoms with Gasteiger partial charge in [-0.15, -0.1) is 0 Å². The van der Waals surface area contributed by atoms with Crippen molar-refractivity contribution in [2.45, 2.75) is 32.1 Å². The van der Waals surface area contributed by atoms with Crippen molar-refractivity contribution in [3.05, 3.63) is 29.3 Å². The summed E-state index contributed by atoms with van der Waals surface area (Å²) in [5, 5.41) is 8.84. The van der Waals surface area contributed by atoms with Crippen molar-refractivity contribution in [3.63, 3.8) is 0 Å². The molecule has 0 atom stereocenters. The number of unbranched alkanes of at least 4 members (excludes halogenated alkanes) is 1. The number of rotatable bonds is 6. The number of carbonyl (C=O) groups is 1. The minimum atomic E-state index is 0.185. The number of hydrogen-bond acceptors (Lipinski definition) is 3. The minimum Gasteiger partial charge on any atom is -0.396 e. The summed E-state index contributed by atoms with van der Waals surface area (Å²) in [6, 6.07) is 6.27. The van der Waals surface area contributed by atoms with Crippen LogP contribution in [0.15, 0.2) is 18.2 Å². The van der Waals surface area contributed by atoms with Crippen LogP contribution < -0.4 is 10.6 Å². The van der Waals surface area contributed by atoms with E-state index in [-0.39, 0.29) is 12.5 Å². The van der Waals surface area contributed by atoms with Crippen LogP contribution in [0.5, 0.6) is 0 Å². The second kappa shape index (κ2) is 6.68. The molecule has 0 unspecified atom stereocenters. The Hall–Kier alpha value is -1.39. The third kappa shape index (κ3) is 3.33. The Morgan fingerprint density at radius 3 is 2.84 bits per heavy atom. The number of fused-ring (bicyclic) bond motifs is 1. The average molecular weight is 262 g/mol. The predicted octanol–water partition coefficient (Wildman–Crippen LogP) is 1.24. The van der Waals surface area contributed by atoms with E-state index < -0.39 is 0 Å². The number of anilines is 1. The summed E-state index contributed by atoms with van der Waals surface area (Å²) >= 11 is 0. The molecule has 1 aliphatic heterocycles. The van der Waals surface area contributed by atoms with Crippen LogP contribution in [0, 0.1) is 0 Å². The number of carbonyl (C=O) groups excluding carboxylic acids is 1. The molecule has 1 aromatic rings. The van der Waals surface area contributed by atoms with Crippen LogP contribution in [0.3, 0.4) is 0 Å². The highest BCUT2D eigenvalue weighted by molar-refractivity contribution is 5.96. The number of benzene rings is 1. The second-order valence-corrected chi connectivity index (χ2v) is 4.98. The first-order valence-electron chi connectivity index (χ1n) is 6.99. The van der Waals surface area contributed by atoms with Gasteiger partial charge >= 0.3 is 0 Å². The number of nitrogens with two attached hydrogens (primary N) is 1. The minimum absolute atomic E-state index is 0.185. The van der Waals surface area contributed by atoms with E-state index in [1.807, 2.05) is 11.0 Å². The lowest BCUT2D eigenvalue weighted by atomic mass is 9.97. The Kier molecular flexibility index (Phi) is 4.93. The molecule has 4 nitrogen and oxygen atoms in total. The van der Waals surface area contributed by atoms with Crippen molar-refractivity contribution in [2.75, 3.05) is 24.6 Å². The van der Waals surface area contributed by atoms with E-state index in [0.29, 0.717) is 19.5 Å². The first-order valence-corrected chi connectivity index (χ1v) is 6.99. The maximum Gasteiger partial charge on any atom is 0.227 e. The first-order chi connectivity index (χ1) is 9.26. The summed E-state index contributed by atoms with van der Waals surface area (Å²) in [5.41, 5.74) is 9.10. The SMILES string of the molecule is NCCc1ccc2c(c1)CCC(=O)N2CCCCO. The van der Waals surface area contributed by atoms with Gasteiger partial charge in [-0.3, -0.25) is 4.79 Å². The highest BCUT2D eigenvalue weighted by Gasteiger charge is 2.23. The molecule has 1 amide bonds. The molecule has 0 fully saturated rings. The zero-order chi connectivity index (χ0) is 13.7. The molecule has 0 radical (unpaired) electrons. The maximum absolute atomic E-state index is 12.0. The highest BCUT2D eigenvalue weighted by Crippen LogP contribution is 2.29. The summed E-state index contributed by atoms with van der Waals surface area (Å²) in [7, 11) is 0. The molecular weight excluding hydrogens is 240 g/mol. The first kappa shape index (κ1) is 14.0. The number of hydrogen-bond donors (Lipinski definition) is 2. The van der Waals surface area contributed by atoms with Crippen LogP contribution in [0.1, 0.15) is 30.4 Å². The number of aryl methyl sites for hydroxylation is 1. The molecular formula is C15H22N2O2. The van der Waals surface area contributed by atoms with Gasteiger partial charge < -0.3 is 15.7 Å². The van der Waals surface area contributed by atoms with Crippen molar-refractivity contribution >= 4 is 11.6 Å². The number of aliphatic hydroxyl groups excluding tert-OH is 1. The van der Waals surface area contributed by atoms with Gasteiger partial charge in [0.2, 0.25) is 5.91 Å². The van der Waals surface area contributed by atoms with E-state index >= 15 is 0 Å². The van der Waals surface area contributed by atoms with E-state index in [1.54, 1.807) is 0 Å². The Morgan fingerprint density at radius 1 is 1.26 bits per heavy atom. The van der Waals surface area contributed by atoms with E-state index in [9.17, 15) is 4.79 Å². The van der Waals surface area contributed by atoms with E-state index in [1.165, 1.54) is 11.1 Å². The lowest BCUT2D eigenvalue weighted by Gasteiger charge is -2.30. The summed E-state index contributed by atoms with van der Waals surface area (Å²) in [4.78, 5) is 13.9. The molecule has 0 bridgehead atoms. The molecule has 1 heterocycles. The van der Waals surface area contributed by atoms with Crippen molar-refractivity contribution in [3.8, 4) is 0 Å². The van der Waals surface area contributed by atoms with Crippen LogP contribution in [-0.4, -0.2) is 30.7 Å². The Morgan fingerprint density at radius 2 is 2.11 bits per heavy atom. The van der Waals surface area contributed by atoms with Gasteiger partial charge in [0.05, 0.1) is 0 Å². The van der Waals surface area contributed by atoms with Gasteiger partial charge in [0.15, 0.2) is 0 Å². The fourth-order valence-corrected chi connectivity index (χ4v) is 2.56. The molecule has 104 valence electrons. The third-order valence-electron chi connectivity index (χ3n) is 3.57. The second-order valence-electron chi connectivity index (χ2n) is 4.98. The normalized spacial score (nSPS) is 14.6. The summed E-state index contributed by atoms with van der Waals surface area (Å²) < 4.78 is 0. The molecule has 19 heavy (non-hydrogen) atoms. The molecule has 0 saturated heterocycles. The summed E-state index contributed by atoms with van der Waals surface area (Å²) in [5.74, 6) is 0.192. The Balaban J connectivity index is 2.16. The third-order valence-corrected chi connectivity index (χ3v) is 3.57. The van der Waals surface area contributed by atoms with Crippen LogP contribution in [0.4, 0.5) is 5.69 Å². The number of nitrogens with zero attached hydrogens (tertiary/aromatic N) is 1. The molecule has 1 aliphatic rings. The lowest BCUT2D eigenvalue weighted by molar-refractivity contribution is -0.118. The predicted molar refractivity (Wildman–Crippen MR) is 76.2 cm³/mol. The molecule has 2 rings (SSSR count). The summed E-state index contributed by atoms with van der Waals surface area (Å²) in [6.07, 6.45) is 3.86. The van der Waals surface area contributed by atoms with E-state index in [2.05, 4.69) is 12.1 Å². The molecule has 1 aromatic carbocycles. The fourth-order valence-electron chi connectivity index (χ4n) is 2.56. The number of aliphatic hydroxyl groups is 1. The zero-order valence-corrected chi connectivity index (χ0v) is 11.3. The summed E-state index contributed by atoms with van der Waals surface area (Å²) in [6.45, 7) is 1.53. The van der Waals surface area contributed by atoms with Crippen LogP contribution in [0.25, 0.3) is 0 Å². The van der Waals surface area contributed by atoms with Gasteiger partial charge in [-0.25, -0.2) is 0 Å². The lowest BCUT2D eigenvalue weighted by Crippen LogP contribution is -2.36. The number of amides is 1. The van der Waals surface area contributed by atoms with Gasteiger partial charge in [-0.05, 0) is 49.4 Å². The van der Waals surface area contributed by atoms with E-state index in [0.717, 1.165) is 31.4 Å². The van der Waals surface area contributed by atoms with Crippen molar-refractivity contribution < 1.29 is 9.90 Å². The molecule has 0 aliphatic carbocycles. The van der Waals surface area contributed by atoms with Gasteiger partial charge in [-0.1, -0.05) is 12.1 Å². The molecule has 0 spiro atoms.